The number of carbonyl (C=O) groups is 2. The van der Waals surface area contributed by atoms with Crippen LogP contribution in [0.15, 0.2) is 78.9 Å². The van der Waals surface area contributed by atoms with Gasteiger partial charge in [0.25, 0.3) is 5.91 Å². The van der Waals surface area contributed by atoms with E-state index >= 15 is 0 Å². The van der Waals surface area contributed by atoms with Crippen molar-refractivity contribution in [2.24, 2.45) is 0 Å². The lowest BCUT2D eigenvalue weighted by atomic mass is 10.00. The molecule has 2 amide bonds. The largest absolute Gasteiger partial charge is 0.334 e. The summed E-state index contributed by atoms with van der Waals surface area (Å²) in [5, 5.41) is 3.34. The molecule has 30 heavy (non-hydrogen) atoms. The van der Waals surface area contributed by atoms with Gasteiger partial charge in [-0.2, -0.15) is 0 Å². The summed E-state index contributed by atoms with van der Waals surface area (Å²) < 4.78 is 14.9. The third-order valence-electron chi connectivity index (χ3n) is 4.83. The van der Waals surface area contributed by atoms with Crippen molar-refractivity contribution in [2.75, 3.05) is 0 Å². The topological polar surface area (TPSA) is 61.2 Å². The van der Waals surface area contributed by atoms with E-state index in [1.807, 2.05) is 30.3 Å². The summed E-state index contributed by atoms with van der Waals surface area (Å²) in [4.78, 5) is 25.5. The molecule has 3 aromatic carbocycles. The van der Waals surface area contributed by atoms with Crippen molar-refractivity contribution in [1.82, 2.24) is 10.7 Å². The molecule has 1 aliphatic rings. The molecular formula is C23H18ClFN3O2+. The Hall–Kier alpha value is -3.51. The fourth-order valence-electron chi connectivity index (χ4n) is 3.37. The number of benzene rings is 3. The number of nitrogens with one attached hydrogen (secondary N) is 2. The zero-order valence-electron chi connectivity index (χ0n) is 15.8. The van der Waals surface area contributed by atoms with E-state index in [1.165, 1.54) is 12.1 Å². The Morgan fingerprint density at radius 1 is 1.00 bits per heavy atom. The predicted octanol–water partition coefficient (Wildman–Crippen LogP) is 3.50. The van der Waals surface area contributed by atoms with E-state index in [9.17, 15) is 14.0 Å². The van der Waals surface area contributed by atoms with Gasteiger partial charge in [0.15, 0.2) is 6.04 Å². The molecule has 2 N–H and O–H groups in total. The second kappa shape index (κ2) is 8.47. The Morgan fingerprint density at radius 2 is 1.67 bits per heavy atom. The normalized spacial score (nSPS) is 19.5. The average molecular weight is 423 g/mol. The molecule has 0 aromatic heterocycles. The second-order valence-electron chi connectivity index (χ2n) is 6.88. The van der Waals surface area contributed by atoms with E-state index in [0.29, 0.717) is 16.1 Å². The maximum absolute atomic E-state index is 13.2. The van der Waals surface area contributed by atoms with Gasteiger partial charge in [-0.25, -0.2) is 4.39 Å². The van der Waals surface area contributed by atoms with Crippen molar-refractivity contribution >= 4 is 29.6 Å². The molecule has 0 spiro atoms. The van der Waals surface area contributed by atoms with Gasteiger partial charge in [0.1, 0.15) is 5.82 Å². The third kappa shape index (κ3) is 4.23. The Labute approximate surface area is 177 Å². The van der Waals surface area contributed by atoms with Gasteiger partial charge in [-0.15, -0.1) is 10.1 Å². The fourth-order valence-corrected chi connectivity index (χ4v) is 3.49. The highest BCUT2D eigenvalue weighted by Gasteiger charge is 2.47. The zero-order valence-corrected chi connectivity index (χ0v) is 16.5. The Balaban J connectivity index is 1.68. The second-order valence-corrected chi connectivity index (χ2v) is 7.31. The SMILES string of the molecule is O=C(N[C@@H]1C(=O)N/[N+](=C\c2ccc(F)cc2)[C@H]1c1ccccc1)c1ccc(Cl)cc1. The molecule has 1 heterocycles. The number of hydrogen-bond acceptors (Lipinski definition) is 2. The molecule has 1 saturated heterocycles. The quantitative estimate of drug-likeness (QED) is 0.632. The van der Waals surface area contributed by atoms with Crippen molar-refractivity contribution in [3.63, 3.8) is 0 Å². The smallest absolute Gasteiger partial charge is 0.304 e. The first-order chi connectivity index (χ1) is 14.5. The first-order valence-corrected chi connectivity index (χ1v) is 9.70. The van der Waals surface area contributed by atoms with Crippen LogP contribution in [-0.4, -0.2) is 28.8 Å². The summed E-state index contributed by atoms with van der Waals surface area (Å²) in [5.74, 6) is -1.06. The van der Waals surface area contributed by atoms with Crippen molar-refractivity contribution < 1.29 is 18.7 Å². The predicted molar refractivity (Wildman–Crippen MR) is 112 cm³/mol. The van der Waals surface area contributed by atoms with Crippen LogP contribution in [0.2, 0.25) is 5.02 Å². The summed E-state index contributed by atoms with van der Waals surface area (Å²) in [5.41, 5.74) is 4.75. The van der Waals surface area contributed by atoms with Gasteiger partial charge in [0.05, 0.1) is 0 Å². The fraction of sp³-hybridized carbons (Fsp3) is 0.0870. The molecule has 150 valence electrons. The van der Waals surface area contributed by atoms with Crippen molar-refractivity contribution in [1.29, 1.82) is 0 Å². The van der Waals surface area contributed by atoms with Crippen LogP contribution in [0.5, 0.6) is 0 Å². The number of hydrogen-bond donors (Lipinski definition) is 2. The number of rotatable bonds is 4. The Kier molecular flexibility index (Phi) is 5.59. The number of nitrogens with zero attached hydrogens (tertiary/aromatic N) is 1. The van der Waals surface area contributed by atoms with E-state index in [1.54, 1.807) is 47.3 Å². The molecule has 0 saturated carbocycles. The van der Waals surface area contributed by atoms with Crippen LogP contribution < -0.4 is 10.7 Å². The lowest BCUT2D eigenvalue weighted by molar-refractivity contribution is -0.596. The number of amides is 2. The van der Waals surface area contributed by atoms with E-state index < -0.39 is 12.1 Å². The number of carbonyl (C=O) groups excluding carboxylic acids is 2. The minimum Gasteiger partial charge on any atom is -0.334 e. The Morgan fingerprint density at radius 3 is 2.33 bits per heavy atom. The van der Waals surface area contributed by atoms with Gasteiger partial charge >= 0.3 is 5.91 Å². The summed E-state index contributed by atoms with van der Waals surface area (Å²) in [6.45, 7) is 0. The van der Waals surface area contributed by atoms with Gasteiger partial charge < -0.3 is 5.32 Å². The molecule has 0 bridgehead atoms. The van der Waals surface area contributed by atoms with Crippen LogP contribution in [0.1, 0.15) is 27.5 Å². The van der Waals surface area contributed by atoms with Crippen LogP contribution in [0.25, 0.3) is 0 Å². The van der Waals surface area contributed by atoms with Gasteiger partial charge in [-0.05, 0) is 48.5 Å². The van der Waals surface area contributed by atoms with E-state index in [-0.39, 0.29) is 17.6 Å². The van der Waals surface area contributed by atoms with E-state index in [4.69, 9.17) is 11.6 Å². The van der Waals surface area contributed by atoms with Crippen LogP contribution in [0.3, 0.4) is 0 Å². The van der Waals surface area contributed by atoms with E-state index in [2.05, 4.69) is 10.7 Å². The van der Waals surface area contributed by atoms with Gasteiger partial charge in [0.2, 0.25) is 12.3 Å². The molecule has 4 rings (SSSR count). The summed E-state index contributed by atoms with van der Waals surface area (Å²) in [7, 11) is 0. The lowest BCUT2D eigenvalue weighted by Crippen LogP contribution is -2.42. The van der Waals surface area contributed by atoms with Gasteiger partial charge in [-0.1, -0.05) is 41.9 Å². The van der Waals surface area contributed by atoms with Crippen LogP contribution in [0.4, 0.5) is 4.39 Å². The van der Waals surface area contributed by atoms with Crippen molar-refractivity contribution in [3.8, 4) is 0 Å². The molecule has 0 aliphatic carbocycles. The monoisotopic (exact) mass is 422 g/mol. The molecular weight excluding hydrogens is 405 g/mol. The minimum absolute atomic E-state index is 0.342. The molecule has 3 aromatic rings. The highest BCUT2D eigenvalue weighted by atomic mass is 35.5. The van der Waals surface area contributed by atoms with Crippen LogP contribution in [0, 0.1) is 5.82 Å². The van der Waals surface area contributed by atoms with Crippen LogP contribution in [-0.2, 0) is 4.79 Å². The van der Waals surface area contributed by atoms with Gasteiger partial charge in [-0.3, -0.25) is 9.59 Å². The summed E-state index contributed by atoms with van der Waals surface area (Å²) >= 11 is 5.89. The van der Waals surface area contributed by atoms with Crippen molar-refractivity contribution in [3.05, 3.63) is 106 Å². The highest BCUT2D eigenvalue weighted by Crippen LogP contribution is 2.25. The third-order valence-corrected chi connectivity index (χ3v) is 5.08. The minimum atomic E-state index is -0.827. The van der Waals surface area contributed by atoms with Gasteiger partial charge in [0, 0.05) is 21.7 Å². The summed E-state index contributed by atoms with van der Waals surface area (Å²) in [6.07, 6.45) is 1.71. The van der Waals surface area contributed by atoms with Crippen LogP contribution >= 0.6 is 11.6 Å². The lowest BCUT2D eigenvalue weighted by Gasteiger charge is -2.14. The Bertz CT molecular complexity index is 1100. The zero-order chi connectivity index (χ0) is 21.1. The standard InChI is InChI=1S/C23H17ClFN3O2/c24-18-10-8-17(9-11-18)22(29)26-20-21(16-4-2-1-3-5-16)28(27-23(20)30)14-15-6-12-19(25)13-7-15/h1-14,20-21H,(H-,26,27,29,30)/p+1/b28-14-/t20-,21-/m0/s1. The summed E-state index contributed by atoms with van der Waals surface area (Å²) in [6, 6.07) is 20.4. The first-order valence-electron chi connectivity index (χ1n) is 9.32. The molecule has 1 aliphatic heterocycles. The average Bonchev–Trinajstić information content (AvgIpc) is 3.05. The maximum Gasteiger partial charge on any atom is 0.304 e. The molecule has 2 atom stereocenters. The van der Waals surface area contributed by atoms with E-state index in [0.717, 1.165) is 5.56 Å². The molecule has 1 fully saturated rings. The number of halogens is 2. The number of hydrazone groups is 1. The number of hydrazine groups is 1. The highest BCUT2D eigenvalue weighted by molar-refractivity contribution is 6.30. The molecule has 0 radical (unpaired) electrons. The maximum atomic E-state index is 13.2. The molecule has 5 nitrogen and oxygen atoms in total. The molecule has 0 unspecified atom stereocenters. The van der Waals surface area contributed by atoms with Crippen molar-refractivity contribution in [2.45, 2.75) is 12.1 Å². The molecule has 7 heteroatoms. The first kappa shape index (κ1) is 19.8.